The number of halogens is 1. The van der Waals surface area contributed by atoms with Gasteiger partial charge < -0.3 is 5.32 Å². The van der Waals surface area contributed by atoms with Crippen LogP contribution in [0.3, 0.4) is 0 Å². The van der Waals surface area contributed by atoms with Crippen molar-refractivity contribution in [2.24, 2.45) is 13.0 Å². The molecule has 1 aromatic rings. The quantitative estimate of drug-likeness (QED) is 0.847. The SMILES string of the molecule is CCNC(CCc1c(C)nn(C)c1Cl)C1CC1. The highest BCUT2D eigenvalue weighted by Crippen LogP contribution is 2.35. The van der Waals surface area contributed by atoms with E-state index in [1.807, 2.05) is 14.0 Å². The first-order valence-electron chi connectivity index (χ1n) is 6.54. The minimum atomic E-state index is 0.663. The Morgan fingerprint density at radius 3 is 2.71 bits per heavy atom. The lowest BCUT2D eigenvalue weighted by Crippen LogP contribution is -2.31. The molecule has 96 valence electrons. The average molecular weight is 256 g/mol. The van der Waals surface area contributed by atoms with Crippen LogP contribution in [-0.4, -0.2) is 22.4 Å². The fraction of sp³-hybridized carbons (Fsp3) is 0.769. The summed E-state index contributed by atoms with van der Waals surface area (Å²) in [5.74, 6) is 0.894. The minimum absolute atomic E-state index is 0.663. The van der Waals surface area contributed by atoms with Crippen LogP contribution in [0.25, 0.3) is 0 Å². The lowest BCUT2D eigenvalue weighted by Gasteiger charge is -2.16. The van der Waals surface area contributed by atoms with Gasteiger partial charge in [-0.15, -0.1) is 0 Å². The van der Waals surface area contributed by atoms with Crippen LogP contribution in [0.5, 0.6) is 0 Å². The van der Waals surface area contributed by atoms with Crippen molar-refractivity contribution in [3.63, 3.8) is 0 Å². The Labute approximate surface area is 109 Å². The molecule has 0 saturated heterocycles. The largest absolute Gasteiger partial charge is 0.314 e. The average Bonchev–Trinajstić information content (AvgIpc) is 3.07. The van der Waals surface area contributed by atoms with Crippen LogP contribution in [0.2, 0.25) is 5.15 Å². The second kappa shape index (κ2) is 5.40. The van der Waals surface area contributed by atoms with E-state index in [2.05, 4.69) is 17.3 Å². The van der Waals surface area contributed by atoms with Gasteiger partial charge in [-0.2, -0.15) is 5.10 Å². The van der Waals surface area contributed by atoms with Crippen molar-refractivity contribution in [1.82, 2.24) is 15.1 Å². The molecule has 1 saturated carbocycles. The molecule has 2 rings (SSSR count). The zero-order chi connectivity index (χ0) is 12.4. The number of hydrogen-bond donors (Lipinski definition) is 1. The Morgan fingerprint density at radius 2 is 2.24 bits per heavy atom. The van der Waals surface area contributed by atoms with E-state index in [4.69, 9.17) is 11.6 Å². The fourth-order valence-electron chi connectivity index (χ4n) is 2.52. The van der Waals surface area contributed by atoms with Crippen LogP contribution in [-0.2, 0) is 13.5 Å². The second-order valence-corrected chi connectivity index (χ2v) is 5.38. The van der Waals surface area contributed by atoms with Crippen molar-refractivity contribution in [2.45, 2.75) is 45.6 Å². The zero-order valence-electron chi connectivity index (χ0n) is 11.0. The molecule has 1 heterocycles. The summed E-state index contributed by atoms with van der Waals surface area (Å²) in [5.41, 5.74) is 2.29. The fourth-order valence-corrected chi connectivity index (χ4v) is 2.79. The summed E-state index contributed by atoms with van der Waals surface area (Å²) in [5, 5.41) is 8.75. The topological polar surface area (TPSA) is 29.9 Å². The van der Waals surface area contributed by atoms with Gasteiger partial charge >= 0.3 is 0 Å². The molecule has 1 aliphatic carbocycles. The Hall–Kier alpha value is -0.540. The molecule has 0 spiro atoms. The van der Waals surface area contributed by atoms with Crippen LogP contribution < -0.4 is 5.32 Å². The van der Waals surface area contributed by atoms with Crippen molar-refractivity contribution in [2.75, 3.05) is 6.54 Å². The number of nitrogens with zero attached hydrogens (tertiary/aromatic N) is 2. The molecule has 0 radical (unpaired) electrons. The van der Waals surface area contributed by atoms with Gasteiger partial charge in [-0.1, -0.05) is 18.5 Å². The Kier molecular flexibility index (Phi) is 4.10. The van der Waals surface area contributed by atoms with Crippen molar-refractivity contribution < 1.29 is 0 Å². The van der Waals surface area contributed by atoms with Crippen molar-refractivity contribution >= 4 is 11.6 Å². The molecule has 0 bridgehead atoms. The van der Waals surface area contributed by atoms with E-state index in [0.29, 0.717) is 6.04 Å². The lowest BCUT2D eigenvalue weighted by molar-refractivity contribution is 0.446. The Bertz CT molecular complexity index is 382. The van der Waals surface area contributed by atoms with Crippen molar-refractivity contribution in [3.05, 3.63) is 16.4 Å². The second-order valence-electron chi connectivity index (χ2n) is 5.02. The molecular formula is C13H22ClN3. The van der Waals surface area contributed by atoms with Gasteiger partial charge in [0.05, 0.1) is 5.69 Å². The predicted molar refractivity (Wildman–Crippen MR) is 71.5 cm³/mol. The summed E-state index contributed by atoms with van der Waals surface area (Å²) in [4.78, 5) is 0. The first kappa shape index (κ1) is 12.9. The number of aryl methyl sites for hydroxylation is 2. The molecule has 17 heavy (non-hydrogen) atoms. The van der Waals surface area contributed by atoms with Gasteiger partial charge in [0.15, 0.2) is 0 Å². The molecule has 1 aliphatic rings. The van der Waals surface area contributed by atoms with Crippen LogP contribution in [0.15, 0.2) is 0 Å². The summed E-state index contributed by atoms with van der Waals surface area (Å²) in [7, 11) is 1.90. The number of rotatable bonds is 6. The van der Waals surface area contributed by atoms with Crippen LogP contribution in [0, 0.1) is 12.8 Å². The molecule has 1 unspecified atom stereocenters. The highest BCUT2D eigenvalue weighted by atomic mass is 35.5. The van der Waals surface area contributed by atoms with Crippen molar-refractivity contribution in [1.29, 1.82) is 0 Å². The van der Waals surface area contributed by atoms with Gasteiger partial charge in [0.2, 0.25) is 0 Å². The Morgan fingerprint density at radius 1 is 1.53 bits per heavy atom. The van der Waals surface area contributed by atoms with Gasteiger partial charge in [-0.25, -0.2) is 0 Å². The molecule has 1 atom stereocenters. The lowest BCUT2D eigenvalue weighted by atomic mass is 10.0. The molecule has 0 amide bonds. The normalized spacial score (nSPS) is 17.4. The van der Waals surface area contributed by atoms with Crippen LogP contribution in [0.1, 0.15) is 37.4 Å². The summed E-state index contributed by atoms with van der Waals surface area (Å²) < 4.78 is 1.77. The van der Waals surface area contributed by atoms with Crippen LogP contribution in [0.4, 0.5) is 0 Å². The number of aromatic nitrogens is 2. The molecule has 1 N–H and O–H groups in total. The Balaban J connectivity index is 1.95. The van der Waals surface area contributed by atoms with Gasteiger partial charge in [0.1, 0.15) is 5.15 Å². The zero-order valence-corrected chi connectivity index (χ0v) is 11.7. The van der Waals surface area contributed by atoms with E-state index < -0.39 is 0 Å². The summed E-state index contributed by atoms with van der Waals surface area (Å²) in [6.07, 6.45) is 4.98. The highest BCUT2D eigenvalue weighted by molar-refractivity contribution is 6.30. The van der Waals surface area contributed by atoms with Gasteiger partial charge in [0, 0.05) is 18.7 Å². The third-order valence-corrected chi connectivity index (χ3v) is 4.11. The van der Waals surface area contributed by atoms with Gasteiger partial charge in [0.25, 0.3) is 0 Å². The molecular weight excluding hydrogens is 234 g/mol. The van der Waals surface area contributed by atoms with E-state index in [-0.39, 0.29) is 0 Å². The maximum atomic E-state index is 6.25. The van der Waals surface area contributed by atoms with E-state index >= 15 is 0 Å². The third kappa shape index (κ3) is 3.02. The molecule has 3 nitrogen and oxygen atoms in total. The maximum absolute atomic E-state index is 6.25. The molecule has 4 heteroatoms. The van der Waals surface area contributed by atoms with E-state index in [1.54, 1.807) is 4.68 Å². The van der Waals surface area contributed by atoms with Crippen molar-refractivity contribution in [3.8, 4) is 0 Å². The molecule has 0 aromatic carbocycles. The summed E-state index contributed by atoms with van der Waals surface area (Å²) in [6, 6.07) is 0.663. The maximum Gasteiger partial charge on any atom is 0.130 e. The molecule has 0 aliphatic heterocycles. The molecule has 1 fully saturated rings. The van der Waals surface area contributed by atoms with Crippen LogP contribution >= 0.6 is 11.6 Å². The smallest absolute Gasteiger partial charge is 0.130 e. The predicted octanol–water partition coefficient (Wildman–Crippen LogP) is 2.70. The van der Waals surface area contributed by atoms with Gasteiger partial charge in [-0.3, -0.25) is 4.68 Å². The minimum Gasteiger partial charge on any atom is -0.314 e. The highest BCUT2D eigenvalue weighted by Gasteiger charge is 2.30. The first-order valence-corrected chi connectivity index (χ1v) is 6.92. The van der Waals surface area contributed by atoms with E-state index in [9.17, 15) is 0 Å². The number of hydrogen-bond acceptors (Lipinski definition) is 2. The summed E-state index contributed by atoms with van der Waals surface area (Å²) in [6.45, 7) is 5.28. The first-order chi connectivity index (χ1) is 8.13. The third-order valence-electron chi connectivity index (χ3n) is 3.63. The molecule has 1 aromatic heterocycles. The van der Waals surface area contributed by atoms with E-state index in [1.165, 1.54) is 24.8 Å². The number of nitrogens with one attached hydrogen (secondary N) is 1. The monoisotopic (exact) mass is 255 g/mol. The van der Waals surface area contributed by atoms with Gasteiger partial charge in [-0.05, 0) is 45.1 Å². The van der Waals surface area contributed by atoms with E-state index in [0.717, 1.165) is 29.7 Å². The standard InChI is InChI=1S/C13H22ClN3/c1-4-15-12(10-5-6-10)8-7-11-9(2)16-17(3)13(11)14/h10,12,15H,4-8H2,1-3H3. The summed E-state index contributed by atoms with van der Waals surface area (Å²) >= 11 is 6.25.